The Morgan fingerprint density at radius 2 is 1.81 bits per heavy atom. The summed E-state index contributed by atoms with van der Waals surface area (Å²) in [6.45, 7) is 2.77. The van der Waals surface area contributed by atoms with Crippen LogP contribution in [0, 0.1) is 11.3 Å². The van der Waals surface area contributed by atoms with Gasteiger partial charge in [0.25, 0.3) is 0 Å². The Balaban J connectivity index is 1.76. The predicted octanol–water partition coefficient (Wildman–Crippen LogP) is 3.43. The molecule has 26 heavy (non-hydrogen) atoms. The molecule has 0 radical (unpaired) electrons. The van der Waals surface area contributed by atoms with Crippen LogP contribution in [0.1, 0.15) is 24.2 Å². The third kappa shape index (κ3) is 4.11. The lowest BCUT2D eigenvalue weighted by Gasteiger charge is -2.03. The molecule has 132 valence electrons. The van der Waals surface area contributed by atoms with Crippen molar-refractivity contribution in [3.63, 3.8) is 0 Å². The predicted molar refractivity (Wildman–Crippen MR) is 98.2 cm³/mol. The average molecular weight is 347 g/mol. The molecule has 5 heteroatoms. The summed E-state index contributed by atoms with van der Waals surface area (Å²) in [5.41, 5.74) is 2.38. The van der Waals surface area contributed by atoms with Crippen LogP contribution in [0.25, 0.3) is 0 Å². The van der Waals surface area contributed by atoms with E-state index in [-0.39, 0.29) is 18.3 Å². The highest BCUT2D eigenvalue weighted by Crippen LogP contribution is 2.42. The van der Waals surface area contributed by atoms with Crippen LogP contribution in [0.2, 0.25) is 0 Å². The molecule has 1 aliphatic rings. The van der Waals surface area contributed by atoms with Gasteiger partial charge in [0.1, 0.15) is 12.2 Å². The van der Waals surface area contributed by atoms with Gasteiger partial charge in [-0.3, -0.25) is 5.01 Å². The van der Waals surface area contributed by atoms with Crippen molar-refractivity contribution < 1.29 is 9.53 Å². The molecule has 0 aromatic heterocycles. The lowest BCUT2D eigenvalue weighted by Crippen LogP contribution is -2.11. The number of carbonyl (C=O) groups is 1. The second-order valence-electron chi connectivity index (χ2n) is 5.94. The van der Waals surface area contributed by atoms with E-state index in [1.807, 2.05) is 59.6 Å². The summed E-state index contributed by atoms with van der Waals surface area (Å²) >= 11 is 0. The van der Waals surface area contributed by atoms with Gasteiger partial charge in [0.2, 0.25) is 0 Å². The van der Waals surface area contributed by atoms with Crippen LogP contribution in [0.4, 0.5) is 0 Å². The molecule has 0 N–H and O–H groups in total. The minimum Gasteiger partial charge on any atom is -0.462 e. The molecule has 2 unspecified atom stereocenters. The summed E-state index contributed by atoms with van der Waals surface area (Å²) in [4.78, 5) is 11.9. The van der Waals surface area contributed by atoms with Crippen LogP contribution in [-0.2, 0) is 16.0 Å². The molecule has 0 saturated carbocycles. The van der Waals surface area contributed by atoms with E-state index in [4.69, 9.17) is 4.74 Å². The highest BCUT2D eigenvalue weighted by atomic mass is 16.5. The first-order valence-corrected chi connectivity index (χ1v) is 8.67. The van der Waals surface area contributed by atoms with E-state index in [1.54, 1.807) is 13.1 Å². The zero-order valence-corrected chi connectivity index (χ0v) is 14.7. The second-order valence-corrected chi connectivity index (χ2v) is 5.94. The van der Waals surface area contributed by atoms with E-state index in [1.165, 1.54) is 5.56 Å². The van der Waals surface area contributed by atoms with Crippen LogP contribution in [0.15, 0.2) is 72.4 Å². The third-order valence-corrected chi connectivity index (χ3v) is 4.22. The highest BCUT2D eigenvalue weighted by molar-refractivity contribution is 5.92. The van der Waals surface area contributed by atoms with Crippen LogP contribution in [-0.4, -0.2) is 29.1 Å². The van der Waals surface area contributed by atoms with Crippen LogP contribution < -0.4 is 0 Å². The number of carbonyl (C=O) groups excluding carboxylic acids is 1. The number of benzene rings is 2. The van der Waals surface area contributed by atoms with Gasteiger partial charge in [-0.1, -0.05) is 60.7 Å². The van der Waals surface area contributed by atoms with Gasteiger partial charge in [0, 0.05) is 12.7 Å². The van der Waals surface area contributed by atoms with Crippen molar-refractivity contribution in [3.05, 3.63) is 83.6 Å². The van der Waals surface area contributed by atoms with Crippen molar-refractivity contribution in [1.29, 1.82) is 5.26 Å². The SMILES string of the molecule is CCOC(=O)C(C#N)=CN1C(c2ccccc2)N1CCc1ccccc1. The molecule has 0 amide bonds. The molecule has 1 saturated heterocycles. The molecule has 3 rings (SSSR count). The Bertz CT molecular complexity index is 812. The van der Waals surface area contributed by atoms with E-state index in [2.05, 4.69) is 17.1 Å². The number of ether oxygens (including phenoxy) is 1. The first-order valence-electron chi connectivity index (χ1n) is 8.67. The monoisotopic (exact) mass is 347 g/mol. The normalized spacial score (nSPS) is 18.9. The van der Waals surface area contributed by atoms with Crippen molar-refractivity contribution in [2.45, 2.75) is 19.5 Å². The summed E-state index contributed by atoms with van der Waals surface area (Å²) < 4.78 is 4.95. The molecule has 5 nitrogen and oxygen atoms in total. The smallest absolute Gasteiger partial charge is 0.350 e. The fourth-order valence-corrected chi connectivity index (χ4v) is 2.91. The van der Waals surface area contributed by atoms with Crippen LogP contribution >= 0.6 is 0 Å². The van der Waals surface area contributed by atoms with Crippen molar-refractivity contribution >= 4 is 5.97 Å². The fraction of sp³-hybridized carbons (Fsp3) is 0.238. The maximum atomic E-state index is 11.9. The maximum Gasteiger partial charge on any atom is 0.350 e. The maximum absolute atomic E-state index is 11.9. The third-order valence-electron chi connectivity index (χ3n) is 4.22. The Kier molecular flexibility index (Phi) is 5.67. The molecule has 0 spiro atoms. The molecule has 0 aliphatic carbocycles. The largest absolute Gasteiger partial charge is 0.462 e. The molecular formula is C21H21N3O2. The van der Waals surface area contributed by atoms with Gasteiger partial charge in [-0.25, -0.2) is 4.79 Å². The minimum absolute atomic E-state index is 0.00925. The van der Waals surface area contributed by atoms with Crippen molar-refractivity contribution in [3.8, 4) is 6.07 Å². The second kappa shape index (κ2) is 8.32. The fourth-order valence-electron chi connectivity index (χ4n) is 2.91. The van der Waals surface area contributed by atoms with Gasteiger partial charge < -0.3 is 4.74 Å². The van der Waals surface area contributed by atoms with Crippen LogP contribution in [0.3, 0.4) is 0 Å². The quantitative estimate of drug-likeness (QED) is 0.332. The Morgan fingerprint density at radius 3 is 2.42 bits per heavy atom. The first-order chi connectivity index (χ1) is 12.7. The number of hydrogen-bond acceptors (Lipinski definition) is 5. The number of nitriles is 1. The number of rotatable bonds is 7. The first kappa shape index (κ1) is 17.7. The van der Waals surface area contributed by atoms with Gasteiger partial charge >= 0.3 is 5.97 Å². The molecule has 2 atom stereocenters. The number of hydrazine groups is 1. The molecule has 0 bridgehead atoms. The van der Waals surface area contributed by atoms with Gasteiger partial charge in [-0.15, -0.1) is 0 Å². The zero-order chi connectivity index (χ0) is 18.4. The lowest BCUT2D eigenvalue weighted by atomic mass is 10.1. The Hall–Kier alpha value is -3.10. The highest BCUT2D eigenvalue weighted by Gasteiger charge is 2.44. The van der Waals surface area contributed by atoms with E-state index in [0.717, 1.165) is 18.5 Å². The van der Waals surface area contributed by atoms with E-state index >= 15 is 0 Å². The molecule has 2 aromatic carbocycles. The Morgan fingerprint density at radius 1 is 1.15 bits per heavy atom. The zero-order valence-electron chi connectivity index (χ0n) is 14.7. The molecular weight excluding hydrogens is 326 g/mol. The van der Waals surface area contributed by atoms with E-state index < -0.39 is 5.97 Å². The number of hydrogen-bond donors (Lipinski definition) is 0. The Labute approximate surface area is 153 Å². The van der Waals surface area contributed by atoms with E-state index in [0.29, 0.717) is 0 Å². The summed E-state index contributed by atoms with van der Waals surface area (Å²) in [5, 5.41) is 13.3. The standard InChI is InChI=1S/C21H21N3O2/c1-2-26-21(25)19(15-22)16-24-20(18-11-7-4-8-12-18)23(24)14-13-17-9-5-3-6-10-17/h3-12,16,20H,2,13-14H2,1H3. The summed E-state index contributed by atoms with van der Waals surface area (Å²) in [6, 6.07) is 22.2. The molecule has 1 heterocycles. The number of nitrogens with zero attached hydrogens (tertiary/aromatic N) is 3. The minimum atomic E-state index is -0.586. The van der Waals surface area contributed by atoms with Crippen molar-refractivity contribution in [1.82, 2.24) is 10.0 Å². The van der Waals surface area contributed by atoms with Crippen LogP contribution in [0.5, 0.6) is 0 Å². The molecule has 1 aliphatic heterocycles. The van der Waals surface area contributed by atoms with E-state index in [9.17, 15) is 10.1 Å². The summed E-state index contributed by atoms with van der Waals surface area (Å²) in [5.74, 6) is -0.586. The van der Waals surface area contributed by atoms with Gasteiger partial charge in [0.05, 0.1) is 6.61 Å². The molecule has 2 aromatic rings. The summed E-state index contributed by atoms with van der Waals surface area (Å²) in [7, 11) is 0. The van der Waals surface area contributed by atoms with Gasteiger partial charge in [0.15, 0.2) is 5.57 Å². The van der Waals surface area contributed by atoms with Gasteiger partial charge in [-0.05, 0) is 24.5 Å². The summed E-state index contributed by atoms with van der Waals surface area (Å²) in [6.07, 6.45) is 2.49. The van der Waals surface area contributed by atoms with Crippen molar-refractivity contribution in [2.24, 2.45) is 0 Å². The lowest BCUT2D eigenvalue weighted by molar-refractivity contribution is -0.138. The van der Waals surface area contributed by atoms with Crippen molar-refractivity contribution in [2.75, 3.05) is 13.2 Å². The molecule has 1 fully saturated rings. The topological polar surface area (TPSA) is 56.1 Å². The van der Waals surface area contributed by atoms with Gasteiger partial charge in [-0.2, -0.15) is 10.3 Å². The number of esters is 1. The average Bonchev–Trinajstić information content (AvgIpc) is 3.38.